The van der Waals surface area contributed by atoms with Crippen molar-refractivity contribution in [1.29, 1.82) is 0 Å². The summed E-state index contributed by atoms with van der Waals surface area (Å²) in [7, 11) is 0. The summed E-state index contributed by atoms with van der Waals surface area (Å²) in [5.41, 5.74) is 7.56. The first-order valence-electron chi connectivity index (χ1n) is 5.05. The second-order valence-corrected chi connectivity index (χ2v) is 5.43. The largest absolute Gasteiger partial charge is 0.455 e. The zero-order chi connectivity index (χ0) is 12.4. The van der Waals surface area contributed by atoms with Crippen molar-refractivity contribution in [1.82, 2.24) is 0 Å². The Labute approximate surface area is 117 Å². The number of benzene rings is 2. The van der Waals surface area contributed by atoms with Crippen molar-refractivity contribution in [3.05, 3.63) is 50.9 Å². The van der Waals surface area contributed by atoms with E-state index in [1.165, 1.54) is 5.56 Å². The topological polar surface area (TPSA) is 35.2 Å². The van der Waals surface area contributed by atoms with Crippen molar-refractivity contribution in [3.8, 4) is 11.5 Å². The van der Waals surface area contributed by atoms with Gasteiger partial charge in [0.1, 0.15) is 11.5 Å². The first-order valence-corrected chi connectivity index (χ1v) is 6.64. The number of hydrogen-bond donors (Lipinski definition) is 1. The van der Waals surface area contributed by atoms with Crippen LogP contribution in [0, 0.1) is 6.92 Å². The number of aryl methyl sites for hydroxylation is 1. The summed E-state index contributed by atoms with van der Waals surface area (Å²) < 4.78 is 7.57. The molecule has 0 fully saturated rings. The van der Waals surface area contributed by atoms with Crippen molar-refractivity contribution in [2.75, 3.05) is 5.73 Å². The van der Waals surface area contributed by atoms with Crippen LogP contribution in [0.4, 0.5) is 5.69 Å². The fourth-order valence-corrected chi connectivity index (χ4v) is 2.46. The normalized spacial score (nSPS) is 10.3. The summed E-state index contributed by atoms with van der Waals surface area (Å²) in [6, 6.07) is 11.4. The van der Waals surface area contributed by atoms with Crippen LogP contribution < -0.4 is 10.5 Å². The van der Waals surface area contributed by atoms with Crippen LogP contribution in [0.5, 0.6) is 11.5 Å². The molecule has 2 aromatic carbocycles. The highest BCUT2D eigenvalue weighted by molar-refractivity contribution is 9.11. The van der Waals surface area contributed by atoms with Crippen molar-refractivity contribution in [2.45, 2.75) is 6.92 Å². The van der Waals surface area contributed by atoms with Gasteiger partial charge in [0.25, 0.3) is 0 Å². The van der Waals surface area contributed by atoms with Crippen LogP contribution in [0.1, 0.15) is 5.56 Å². The highest BCUT2D eigenvalue weighted by Gasteiger charge is 2.06. The molecule has 2 rings (SSSR count). The average molecular weight is 357 g/mol. The van der Waals surface area contributed by atoms with Gasteiger partial charge in [-0.3, -0.25) is 0 Å². The summed E-state index contributed by atoms with van der Waals surface area (Å²) in [6.45, 7) is 2.04. The molecule has 0 aliphatic rings. The van der Waals surface area contributed by atoms with Crippen LogP contribution in [-0.2, 0) is 0 Å². The first kappa shape index (κ1) is 12.5. The van der Waals surface area contributed by atoms with Gasteiger partial charge in [-0.1, -0.05) is 6.07 Å². The Morgan fingerprint density at radius 3 is 2.12 bits per heavy atom. The van der Waals surface area contributed by atoms with E-state index in [9.17, 15) is 0 Å². The molecule has 0 atom stereocenters. The van der Waals surface area contributed by atoms with Crippen LogP contribution in [0.3, 0.4) is 0 Å². The molecule has 2 aromatic rings. The molecule has 0 amide bonds. The second kappa shape index (κ2) is 5.10. The summed E-state index contributed by atoms with van der Waals surface area (Å²) >= 11 is 6.90. The summed E-state index contributed by atoms with van der Waals surface area (Å²) in [4.78, 5) is 0. The molecule has 17 heavy (non-hydrogen) atoms. The molecule has 4 heteroatoms. The van der Waals surface area contributed by atoms with Gasteiger partial charge in [-0.2, -0.15) is 0 Å². The predicted octanol–water partition coefficient (Wildman–Crippen LogP) is 4.89. The molecule has 0 aliphatic heterocycles. The van der Waals surface area contributed by atoms with E-state index >= 15 is 0 Å². The Bertz CT molecular complexity index is 506. The monoisotopic (exact) mass is 355 g/mol. The minimum absolute atomic E-state index is 0.701. The van der Waals surface area contributed by atoms with Gasteiger partial charge < -0.3 is 10.5 Å². The van der Waals surface area contributed by atoms with Gasteiger partial charge in [-0.05, 0) is 74.7 Å². The SMILES string of the molecule is Cc1ccc(Oc2ccc(N)cc2Br)c(Br)c1. The molecule has 0 aromatic heterocycles. The molecule has 0 bridgehead atoms. The van der Waals surface area contributed by atoms with Crippen molar-refractivity contribution in [2.24, 2.45) is 0 Å². The molecule has 2 N–H and O–H groups in total. The smallest absolute Gasteiger partial charge is 0.141 e. The maximum absolute atomic E-state index is 5.80. The number of halogens is 2. The zero-order valence-corrected chi connectivity index (χ0v) is 12.4. The Balaban J connectivity index is 2.31. The molecule has 0 saturated carbocycles. The van der Waals surface area contributed by atoms with E-state index < -0.39 is 0 Å². The lowest BCUT2D eigenvalue weighted by atomic mass is 10.2. The molecular formula is C13H11Br2NO. The minimum atomic E-state index is 0.701. The third kappa shape index (κ3) is 3.01. The van der Waals surface area contributed by atoms with Crippen molar-refractivity contribution in [3.63, 3.8) is 0 Å². The Hall–Kier alpha value is -1.000. The molecule has 0 saturated heterocycles. The Morgan fingerprint density at radius 1 is 0.941 bits per heavy atom. The summed E-state index contributed by atoms with van der Waals surface area (Å²) in [5, 5.41) is 0. The van der Waals surface area contributed by atoms with Gasteiger partial charge in [-0.25, -0.2) is 0 Å². The number of nitrogen functional groups attached to an aromatic ring is 1. The molecule has 88 valence electrons. The molecule has 2 nitrogen and oxygen atoms in total. The number of ether oxygens (including phenoxy) is 1. The number of anilines is 1. The van der Waals surface area contributed by atoms with E-state index in [1.54, 1.807) is 0 Å². The number of rotatable bonds is 2. The highest BCUT2D eigenvalue weighted by Crippen LogP contribution is 2.35. The maximum atomic E-state index is 5.80. The highest BCUT2D eigenvalue weighted by atomic mass is 79.9. The molecule has 0 spiro atoms. The van der Waals surface area contributed by atoms with Crippen molar-refractivity contribution >= 4 is 37.5 Å². The molecule has 0 unspecified atom stereocenters. The number of hydrogen-bond acceptors (Lipinski definition) is 2. The van der Waals surface area contributed by atoms with Crippen LogP contribution in [-0.4, -0.2) is 0 Å². The zero-order valence-electron chi connectivity index (χ0n) is 9.21. The predicted molar refractivity (Wildman–Crippen MR) is 77.5 cm³/mol. The maximum Gasteiger partial charge on any atom is 0.141 e. The number of nitrogens with two attached hydrogens (primary N) is 1. The molecule has 0 aliphatic carbocycles. The van der Waals surface area contributed by atoms with E-state index in [2.05, 4.69) is 31.9 Å². The Morgan fingerprint density at radius 2 is 1.53 bits per heavy atom. The van der Waals surface area contributed by atoms with Crippen LogP contribution >= 0.6 is 31.9 Å². The van der Waals surface area contributed by atoms with Crippen LogP contribution in [0.25, 0.3) is 0 Å². The van der Waals surface area contributed by atoms with Crippen molar-refractivity contribution < 1.29 is 4.74 Å². The lowest BCUT2D eigenvalue weighted by Crippen LogP contribution is -1.89. The van der Waals surface area contributed by atoms with Gasteiger partial charge in [-0.15, -0.1) is 0 Å². The van der Waals surface area contributed by atoms with Gasteiger partial charge in [0.15, 0.2) is 0 Å². The first-order chi connectivity index (χ1) is 8.06. The fraction of sp³-hybridized carbons (Fsp3) is 0.0769. The second-order valence-electron chi connectivity index (χ2n) is 3.73. The van der Waals surface area contributed by atoms with E-state index in [4.69, 9.17) is 10.5 Å². The van der Waals surface area contributed by atoms with Crippen LogP contribution in [0.15, 0.2) is 45.3 Å². The summed E-state index contributed by atoms with van der Waals surface area (Å²) in [5.74, 6) is 1.52. The van der Waals surface area contributed by atoms with Gasteiger partial charge in [0.05, 0.1) is 8.95 Å². The fourth-order valence-electron chi connectivity index (χ4n) is 1.41. The summed E-state index contributed by atoms with van der Waals surface area (Å²) in [6.07, 6.45) is 0. The lowest BCUT2D eigenvalue weighted by Gasteiger charge is -2.10. The molecule has 0 heterocycles. The van der Waals surface area contributed by atoms with Gasteiger partial charge in [0.2, 0.25) is 0 Å². The Kier molecular flexibility index (Phi) is 3.74. The van der Waals surface area contributed by atoms with Gasteiger partial charge >= 0.3 is 0 Å². The molecular weight excluding hydrogens is 346 g/mol. The standard InChI is InChI=1S/C13H11Br2NO/c1-8-2-4-12(10(14)6-8)17-13-5-3-9(16)7-11(13)15/h2-7H,16H2,1H3. The quantitative estimate of drug-likeness (QED) is 0.777. The minimum Gasteiger partial charge on any atom is -0.455 e. The van der Waals surface area contributed by atoms with Crippen LogP contribution in [0.2, 0.25) is 0 Å². The van der Waals surface area contributed by atoms with E-state index in [0.717, 1.165) is 20.4 Å². The van der Waals surface area contributed by atoms with E-state index in [-0.39, 0.29) is 0 Å². The molecule has 0 radical (unpaired) electrons. The lowest BCUT2D eigenvalue weighted by molar-refractivity contribution is 0.476. The third-order valence-electron chi connectivity index (χ3n) is 2.26. The third-order valence-corrected chi connectivity index (χ3v) is 3.50. The van der Waals surface area contributed by atoms with E-state index in [1.807, 2.05) is 43.3 Å². The average Bonchev–Trinajstić information content (AvgIpc) is 2.25. The van der Waals surface area contributed by atoms with E-state index in [0.29, 0.717) is 5.69 Å². The van der Waals surface area contributed by atoms with Gasteiger partial charge in [0, 0.05) is 5.69 Å².